The lowest BCUT2D eigenvalue weighted by Crippen LogP contribution is -2.18. The largest absolute Gasteiger partial charge is 0.493 e. The summed E-state index contributed by atoms with van der Waals surface area (Å²) in [6.45, 7) is 6.22. The van der Waals surface area contributed by atoms with Crippen LogP contribution < -0.4 is 10.1 Å². The van der Waals surface area contributed by atoms with Crippen LogP contribution in [0, 0.1) is 32.1 Å². The van der Waals surface area contributed by atoms with E-state index in [-0.39, 0.29) is 24.5 Å². The SMILES string of the molecule is Cc1ccc(OCCC(=O)Nc2c(C#N)cnn2-c2cc(C)c3cccc(C)c3n2)cc1. The topological polar surface area (TPSA) is 92.8 Å². The Morgan fingerprint density at radius 2 is 1.91 bits per heavy atom. The number of rotatable bonds is 6. The van der Waals surface area contributed by atoms with Crippen molar-refractivity contribution in [3.05, 3.63) is 77.0 Å². The lowest BCUT2D eigenvalue weighted by molar-refractivity contribution is -0.116. The monoisotopic (exact) mass is 425 g/mol. The van der Waals surface area contributed by atoms with Crippen molar-refractivity contribution < 1.29 is 9.53 Å². The van der Waals surface area contributed by atoms with Crippen molar-refractivity contribution in [2.75, 3.05) is 11.9 Å². The second-order valence-electron chi connectivity index (χ2n) is 7.66. The minimum absolute atomic E-state index is 0.132. The summed E-state index contributed by atoms with van der Waals surface area (Å²) >= 11 is 0. The molecular weight excluding hydrogens is 402 g/mol. The van der Waals surface area contributed by atoms with E-state index in [1.807, 2.05) is 69.3 Å². The van der Waals surface area contributed by atoms with Crippen LogP contribution >= 0.6 is 0 Å². The Labute approximate surface area is 186 Å². The molecule has 0 spiro atoms. The maximum Gasteiger partial charge on any atom is 0.228 e. The first-order chi connectivity index (χ1) is 15.5. The molecule has 4 aromatic rings. The number of para-hydroxylation sites is 1. The zero-order valence-corrected chi connectivity index (χ0v) is 18.2. The van der Waals surface area contributed by atoms with E-state index in [4.69, 9.17) is 9.72 Å². The summed E-state index contributed by atoms with van der Waals surface area (Å²) < 4.78 is 7.13. The zero-order valence-electron chi connectivity index (χ0n) is 18.2. The fraction of sp³-hybridized carbons (Fsp3) is 0.200. The number of aromatic nitrogens is 3. The number of hydrogen-bond acceptors (Lipinski definition) is 5. The van der Waals surface area contributed by atoms with Gasteiger partial charge in [0.1, 0.15) is 17.4 Å². The van der Waals surface area contributed by atoms with Crippen molar-refractivity contribution >= 4 is 22.6 Å². The molecule has 2 heterocycles. The fourth-order valence-corrected chi connectivity index (χ4v) is 3.47. The van der Waals surface area contributed by atoms with E-state index in [9.17, 15) is 10.1 Å². The molecule has 0 aliphatic rings. The third-order valence-electron chi connectivity index (χ3n) is 5.22. The van der Waals surface area contributed by atoms with Crippen molar-refractivity contribution in [1.29, 1.82) is 5.26 Å². The van der Waals surface area contributed by atoms with Crippen LogP contribution in [0.15, 0.2) is 54.7 Å². The van der Waals surface area contributed by atoms with Crippen LogP contribution in [0.25, 0.3) is 16.7 Å². The molecule has 0 bridgehead atoms. The summed E-state index contributed by atoms with van der Waals surface area (Å²) in [4.78, 5) is 17.3. The molecule has 0 atom stereocenters. The summed E-state index contributed by atoms with van der Waals surface area (Å²) in [7, 11) is 0. The number of nitrogens with one attached hydrogen (secondary N) is 1. The Hall–Kier alpha value is -4.18. The Kier molecular flexibility index (Phi) is 5.86. The van der Waals surface area contributed by atoms with Gasteiger partial charge in [0.15, 0.2) is 11.6 Å². The number of aryl methyl sites for hydroxylation is 3. The lowest BCUT2D eigenvalue weighted by atomic mass is 10.1. The number of benzene rings is 2. The van der Waals surface area contributed by atoms with Crippen LogP contribution in [0.3, 0.4) is 0 Å². The number of anilines is 1. The second kappa shape index (κ2) is 8.90. The molecule has 0 radical (unpaired) electrons. The molecule has 0 saturated carbocycles. The summed E-state index contributed by atoms with van der Waals surface area (Å²) in [5.41, 5.74) is 4.34. The van der Waals surface area contributed by atoms with Crippen LogP contribution in [-0.4, -0.2) is 27.3 Å². The molecule has 160 valence electrons. The molecule has 7 nitrogen and oxygen atoms in total. The second-order valence-corrected chi connectivity index (χ2v) is 7.66. The molecule has 32 heavy (non-hydrogen) atoms. The van der Waals surface area contributed by atoms with E-state index in [1.54, 1.807) is 0 Å². The fourth-order valence-electron chi connectivity index (χ4n) is 3.47. The number of carbonyl (C=O) groups excluding carboxylic acids is 1. The highest BCUT2D eigenvalue weighted by Crippen LogP contribution is 2.25. The van der Waals surface area contributed by atoms with Gasteiger partial charge in [-0.05, 0) is 50.1 Å². The van der Waals surface area contributed by atoms with Crippen molar-refractivity contribution in [3.8, 4) is 17.6 Å². The van der Waals surface area contributed by atoms with Gasteiger partial charge in [0.05, 0.1) is 24.7 Å². The summed E-state index contributed by atoms with van der Waals surface area (Å²) in [5, 5.41) is 17.7. The van der Waals surface area contributed by atoms with Gasteiger partial charge in [0, 0.05) is 5.39 Å². The number of hydrogen-bond donors (Lipinski definition) is 1. The smallest absolute Gasteiger partial charge is 0.228 e. The van der Waals surface area contributed by atoms with Crippen LogP contribution in [-0.2, 0) is 4.79 Å². The molecule has 0 saturated heterocycles. The molecule has 4 rings (SSSR count). The third kappa shape index (κ3) is 4.30. The van der Waals surface area contributed by atoms with Crippen molar-refractivity contribution in [2.45, 2.75) is 27.2 Å². The predicted molar refractivity (Wildman–Crippen MR) is 123 cm³/mol. The minimum atomic E-state index is -0.274. The normalized spacial score (nSPS) is 10.7. The summed E-state index contributed by atoms with van der Waals surface area (Å²) in [6, 6.07) is 17.6. The number of nitriles is 1. The average Bonchev–Trinajstić information content (AvgIpc) is 3.18. The Bertz CT molecular complexity index is 1330. The molecule has 0 aliphatic heterocycles. The van der Waals surface area contributed by atoms with Crippen LogP contribution in [0.4, 0.5) is 5.82 Å². The van der Waals surface area contributed by atoms with Gasteiger partial charge in [-0.1, -0.05) is 35.9 Å². The van der Waals surface area contributed by atoms with E-state index < -0.39 is 0 Å². The molecular formula is C25H23N5O2. The van der Waals surface area contributed by atoms with E-state index in [2.05, 4.69) is 16.5 Å². The Balaban J connectivity index is 1.55. The number of pyridine rings is 1. The van der Waals surface area contributed by atoms with Gasteiger partial charge >= 0.3 is 0 Å². The van der Waals surface area contributed by atoms with Gasteiger partial charge < -0.3 is 10.1 Å². The Morgan fingerprint density at radius 1 is 1.12 bits per heavy atom. The van der Waals surface area contributed by atoms with E-state index >= 15 is 0 Å². The Morgan fingerprint density at radius 3 is 2.66 bits per heavy atom. The van der Waals surface area contributed by atoms with Crippen LogP contribution in [0.2, 0.25) is 0 Å². The highest BCUT2D eigenvalue weighted by atomic mass is 16.5. The van der Waals surface area contributed by atoms with E-state index in [0.29, 0.717) is 17.4 Å². The van der Waals surface area contributed by atoms with Gasteiger partial charge in [0.2, 0.25) is 5.91 Å². The molecule has 7 heteroatoms. The zero-order chi connectivity index (χ0) is 22.7. The highest BCUT2D eigenvalue weighted by Gasteiger charge is 2.17. The quantitative estimate of drug-likeness (QED) is 0.486. The molecule has 0 aliphatic carbocycles. The van der Waals surface area contributed by atoms with E-state index in [0.717, 1.165) is 27.6 Å². The minimum Gasteiger partial charge on any atom is -0.493 e. The van der Waals surface area contributed by atoms with Gasteiger partial charge in [0.25, 0.3) is 0 Å². The number of nitrogens with zero attached hydrogens (tertiary/aromatic N) is 4. The molecule has 0 fully saturated rings. The van der Waals surface area contributed by atoms with Crippen molar-refractivity contribution in [2.24, 2.45) is 0 Å². The standard InChI is InChI=1S/C25H23N5O2/c1-16-7-9-20(10-8-16)32-12-11-23(31)29-25-19(14-26)15-27-30(25)22-13-18(3)21-6-4-5-17(2)24(21)28-22/h4-10,13,15H,11-12H2,1-3H3,(H,29,31). The lowest BCUT2D eigenvalue weighted by Gasteiger charge is -2.12. The first kappa shape index (κ1) is 21.1. The molecule has 2 aromatic carbocycles. The van der Waals surface area contributed by atoms with Gasteiger partial charge in [-0.25, -0.2) is 4.98 Å². The predicted octanol–water partition coefficient (Wildman–Crippen LogP) is 4.63. The van der Waals surface area contributed by atoms with Crippen LogP contribution in [0.1, 0.15) is 28.7 Å². The molecule has 2 aromatic heterocycles. The summed E-state index contributed by atoms with van der Waals surface area (Å²) in [5.74, 6) is 1.27. The molecule has 1 N–H and O–H groups in total. The van der Waals surface area contributed by atoms with Crippen LogP contribution in [0.5, 0.6) is 5.75 Å². The maximum atomic E-state index is 12.6. The highest BCUT2D eigenvalue weighted by molar-refractivity contribution is 5.92. The number of fused-ring (bicyclic) bond motifs is 1. The van der Waals surface area contributed by atoms with Crippen molar-refractivity contribution in [1.82, 2.24) is 14.8 Å². The maximum absolute atomic E-state index is 12.6. The summed E-state index contributed by atoms with van der Waals surface area (Å²) in [6.07, 6.45) is 1.56. The van der Waals surface area contributed by atoms with Gasteiger partial charge in [-0.15, -0.1) is 0 Å². The van der Waals surface area contributed by atoms with Crippen molar-refractivity contribution in [3.63, 3.8) is 0 Å². The third-order valence-corrected chi connectivity index (χ3v) is 5.22. The first-order valence-corrected chi connectivity index (χ1v) is 10.3. The van der Waals surface area contributed by atoms with E-state index in [1.165, 1.54) is 10.9 Å². The molecule has 0 unspecified atom stereocenters. The van der Waals surface area contributed by atoms with Gasteiger partial charge in [-0.2, -0.15) is 15.0 Å². The first-order valence-electron chi connectivity index (χ1n) is 10.3. The average molecular weight is 425 g/mol. The number of amides is 1. The number of ether oxygens (including phenoxy) is 1. The molecule has 1 amide bonds. The number of carbonyl (C=O) groups is 1. The van der Waals surface area contributed by atoms with Gasteiger partial charge in [-0.3, -0.25) is 4.79 Å².